The number of methoxy groups -OCH3 is 1. The van der Waals surface area contributed by atoms with Crippen molar-refractivity contribution in [2.75, 3.05) is 19.0 Å². The van der Waals surface area contributed by atoms with Crippen LogP contribution in [0.5, 0.6) is 5.75 Å². The summed E-state index contributed by atoms with van der Waals surface area (Å²) in [6.45, 7) is 6.39. The molecule has 2 aromatic rings. The Labute approximate surface area is 152 Å². The molecule has 0 spiro atoms. The summed E-state index contributed by atoms with van der Waals surface area (Å²) in [5, 5.41) is 3.38. The van der Waals surface area contributed by atoms with Crippen LogP contribution in [0, 0.1) is 6.92 Å². The molecule has 0 unspecified atom stereocenters. The second-order valence-corrected chi connectivity index (χ2v) is 6.71. The van der Waals surface area contributed by atoms with Gasteiger partial charge in [-0.2, -0.15) is 0 Å². The number of benzene rings is 1. The number of hydrogen-bond donors (Lipinski definition) is 1. The van der Waals surface area contributed by atoms with Crippen molar-refractivity contribution in [1.29, 1.82) is 0 Å². The highest BCUT2D eigenvalue weighted by Gasteiger charge is 2.25. The Hall–Kier alpha value is -2.34. The molecule has 0 radical (unpaired) electrons. The van der Waals surface area contributed by atoms with Crippen molar-refractivity contribution in [3.63, 3.8) is 0 Å². The van der Waals surface area contributed by atoms with Crippen LogP contribution in [0.15, 0.2) is 24.3 Å². The number of carbonyl (C=O) groups excluding carboxylic acids is 2. The molecule has 25 heavy (non-hydrogen) atoms. The minimum atomic E-state index is -0.458. The number of aryl methyl sites for hydroxylation is 1. The van der Waals surface area contributed by atoms with Crippen LogP contribution in [0.2, 0.25) is 0 Å². The zero-order valence-electron chi connectivity index (χ0n) is 15.0. The van der Waals surface area contributed by atoms with Gasteiger partial charge in [-0.3, -0.25) is 4.79 Å². The zero-order chi connectivity index (χ0) is 18.4. The largest absolute Gasteiger partial charge is 0.494 e. The maximum absolute atomic E-state index is 12.4. The van der Waals surface area contributed by atoms with E-state index in [1.165, 1.54) is 18.4 Å². The van der Waals surface area contributed by atoms with E-state index in [1.807, 2.05) is 45.0 Å². The van der Waals surface area contributed by atoms with E-state index in [-0.39, 0.29) is 5.91 Å². The van der Waals surface area contributed by atoms with Gasteiger partial charge in [-0.25, -0.2) is 4.79 Å². The highest BCUT2D eigenvalue weighted by Crippen LogP contribution is 2.40. The first kappa shape index (κ1) is 19.0. The average molecular weight is 361 g/mol. The molecular formula is C19H23NO4S. The van der Waals surface area contributed by atoms with Gasteiger partial charge < -0.3 is 14.8 Å². The van der Waals surface area contributed by atoms with Crippen molar-refractivity contribution in [2.45, 2.75) is 33.6 Å². The standard InChI is InChI=1S/C19H23NO4S/c1-5-7-15(21)20-18-17(19(22)23-4)16(12(3)25-18)13-8-10-14(11-9-13)24-6-2/h8-11H,5-7H2,1-4H3,(H,20,21). The summed E-state index contributed by atoms with van der Waals surface area (Å²) in [5.74, 6) is 0.211. The topological polar surface area (TPSA) is 64.6 Å². The smallest absolute Gasteiger partial charge is 0.341 e. The van der Waals surface area contributed by atoms with E-state index in [0.29, 0.717) is 23.6 Å². The Kier molecular flexibility index (Phi) is 6.58. The minimum Gasteiger partial charge on any atom is -0.494 e. The number of amides is 1. The maximum atomic E-state index is 12.4. The SMILES string of the molecule is CCCC(=O)Nc1sc(C)c(-c2ccc(OCC)cc2)c1C(=O)OC. The minimum absolute atomic E-state index is 0.104. The van der Waals surface area contributed by atoms with Gasteiger partial charge in [0.1, 0.15) is 16.3 Å². The van der Waals surface area contributed by atoms with Crippen molar-refractivity contribution >= 4 is 28.2 Å². The van der Waals surface area contributed by atoms with Crippen LogP contribution >= 0.6 is 11.3 Å². The molecule has 0 aliphatic heterocycles. The Morgan fingerprint density at radius 3 is 2.40 bits per heavy atom. The Morgan fingerprint density at radius 2 is 1.84 bits per heavy atom. The van der Waals surface area contributed by atoms with Gasteiger partial charge in [-0.15, -0.1) is 11.3 Å². The number of carbonyl (C=O) groups is 2. The number of nitrogens with one attached hydrogen (secondary N) is 1. The highest BCUT2D eigenvalue weighted by molar-refractivity contribution is 7.17. The van der Waals surface area contributed by atoms with Crippen molar-refractivity contribution in [1.82, 2.24) is 0 Å². The molecule has 1 aromatic carbocycles. The van der Waals surface area contributed by atoms with Gasteiger partial charge in [0.15, 0.2) is 0 Å². The van der Waals surface area contributed by atoms with E-state index < -0.39 is 5.97 Å². The monoisotopic (exact) mass is 361 g/mol. The van der Waals surface area contributed by atoms with Gasteiger partial charge in [0.25, 0.3) is 0 Å². The van der Waals surface area contributed by atoms with Crippen LogP contribution in [0.3, 0.4) is 0 Å². The van der Waals surface area contributed by atoms with Crippen molar-refractivity contribution in [2.24, 2.45) is 0 Å². The molecule has 0 aliphatic carbocycles. The average Bonchev–Trinajstić information content (AvgIpc) is 2.91. The molecule has 1 amide bonds. The van der Waals surface area contributed by atoms with Crippen molar-refractivity contribution in [3.05, 3.63) is 34.7 Å². The van der Waals surface area contributed by atoms with Crippen LogP contribution in [0.4, 0.5) is 5.00 Å². The van der Waals surface area contributed by atoms with Crippen LogP contribution in [-0.2, 0) is 9.53 Å². The summed E-state index contributed by atoms with van der Waals surface area (Å²) in [6, 6.07) is 7.55. The fourth-order valence-corrected chi connectivity index (χ4v) is 3.66. The third-order valence-corrected chi connectivity index (χ3v) is 4.68. The summed E-state index contributed by atoms with van der Waals surface area (Å²) >= 11 is 1.38. The molecule has 2 rings (SSSR count). The molecule has 1 aromatic heterocycles. The number of esters is 1. The molecule has 0 aliphatic rings. The molecule has 134 valence electrons. The van der Waals surface area contributed by atoms with E-state index in [2.05, 4.69) is 5.32 Å². The summed E-state index contributed by atoms with van der Waals surface area (Å²) < 4.78 is 10.4. The molecule has 0 bridgehead atoms. The number of hydrogen-bond acceptors (Lipinski definition) is 5. The Bertz CT molecular complexity index is 750. The van der Waals surface area contributed by atoms with E-state index in [9.17, 15) is 9.59 Å². The molecule has 5 nitrogen and oxygen atoms in total. The van der Waals surface area contributed by atoms with Gasteiger partial charge in [0.05, 0.1) is 13.7 Å². The quantitative estimate of drug-likeness (QED) is 0.729. The van der Waals surface area contributed by atoms with Crippen molar-refractivity contribution in [3.8, 4) is 16.9 Å². The summed E-state index contributed by atoms with van der Waals surface area (Å²) in [6.07, 6.45) is 1.16. The molecule has 0 saturated carbocycles. The molecule has 1 heterocycles. The summed E-state index contributed by atoms with van der Waals surface area (Å²) in [7, 11) is 1.34. The third-order valence-electron chi connectivity index (χ3n) is 3.66. The molecular weight excluding hydrogens is 338 g/mol. The second-order valence-electron chi connectivity index (χ2n) is 5.48. The fourth-order valence-electron chi connectivity index (χ4n) is 2.58. The van der Waals surface area contributed by atoms with Crippen LogP contribution in [0.25, 0.3) is 11.1 Å². The highest BCUT2D eigenvalue weighted by atomic mass is 32.1. The van der Waals surface area contributed by atoms with Gasteiger partial charge in [-0.05, 0) is 38.0 Å². The van der Waals surface area contributed by atoms with E-state index in [1.54, 1.807) is 0 Å². The van der Waals surface area contributed by atoms with Crippen LogP contribution < -0.4 is 10.1 Å². The van der Waals surface area contributed by atoms with Gasteiger partial charge in [-0.1, -0.05) is 19.1 Å². The zero-order valence-corrected chi connectivity index (χ0v) is 15.8. The lowest BCUT2D eigenvalue weighted by Crippen LogP contribution is -2.13. The van der Waals surface area contributed by atoms with Gasteiger partial charge in [0, 0.05) is 16.9 Å². The summed E-state index contributed by atoms with van der Waals surface area (Å²) in [4.78, 5) is 25.3. The normalized spacial score (nSPS) is 10.4. The van der Waals surface area contributed by atoms with Crippen LogP contribution in [-0.4, -0.2) is 25.6 Å². The first-order chi connectivity index (χ1) is 12.0. The Morgan fingerprint density at radius 1 is 1.16 bits per heavy atom. The molecule has 0 saturated heterocycles. The predicted octanol–water partition coefficient (Wildman–Crippen LogP) is 4.65. The molecule has 1 N–H and O–H groups in total. The molecule has 6 heteroatoms. The number of anilines is 1. The number of rotatable bonds is 7. The maximum Gasteiger partial charge on any atom is 0.341 e. The lowest BCUT2D eigenvalue weighted by Gasteiger charge is -2.09. The Balaban J connectivity index is 2.47. The first-order valence-corrected chi connectivity index (χ1v) is 9.08. The first-order valence-electron chi connectivity index (χ1n) is 8.26. The van der Waals surface area contributed by atoms with Crippen LogP contribution in [0.1, 0.15) is 41.9 Å². The van der Waals surface area contributed by atoms with E-state index in [4.69, 9.17) is 9.47 Å². The van der Waals surface area contributed by atoms with E-state index in [0.717, 1.165) is 28.2 Å². The van der Waals surface area contributed by atoms with Gasteiger partial charge in [0.2, 0.25) is 5.91 Å². The lowest BCUT2D eigenvalue weighted by molar-refractivity contribution is -0.116. The number of thiophene rings is 1. The number of ether oxygens (including phenoxy) is 2. The lowest BCUT2D eigenvalue weighted by atomic mass is 10.0. The van der Waals surface area contributed by atoms with Gasteiger partial charge >= 0.3 is 5.97 Å². The summed E-state index contributed by atoms with van der Waals surface area (Å²) in [5.41, 5.74) is 2.07. The molecule has 0 fully saturated rings. The molecule has 0 atom stereocenters. The fraction of sp³-hybridized carbons (Fsp3) is 0.368. The predicted molar refractivity (Wildman–Crippen MR) is 101 cm³/mol. The second kappa shape index (κ2) is 8.67. The van der Waals surface area contributed by atoms with E-state index >= 15 is 0 Å². The van der Waals surface area contributed by atoms with Crippen molar-refractivity contribution < 1.29 is 19.1 Å². The third kappa shape index (κ3) is 4.39.